The normalized spacial score (nSPS) is 11.5. The van der Waals surface area contributed by atoms with Crippen LogP contribution in [0.3, 0.4) is 0 Å². The van der Waals surface area contributed by atoms with E-state index in [-0.39, 0.29) is 0 Å². The molecule has 2 heterocycles. The number of benzene rings is 2. The summed E-state index contributed by atoms with van der Waals surface area (Å²) in [5.74, 6) is 0.369. The maximum absolute atomic E-state index is 6.09. The van der Waals surface area contributed by atoms with Gasteiger partial charge in [0, 0.05) is 45.9 Å². The van der Waals surface area contributed by atoms with Gasteiger partial charge in [0.2, 0.25) is 5.96 Å². The third-order valence-corrected chi connectivity index (χ3v) is 6.70. The highest BCUT2D eigenvalue weighted by atomic mass is 35.5. The Balaban J connectivity index is 1.59. The second kappa shape index (κ2) is 10.2. The number of nitrogens with one attached hydrogen (secondary N) is 1. The molecule has 3 N–H and O–H groups in total. The Morgan fingerprint density at radius 1 is 1.00 bits per heavy atom. The van der Waals surface area contributed by atoms with Crippen molar-refractivity contribution in [3.8, 4) is 22.4 Å². The molecule has 156 valence electrons. The van der Waals surface area contributed by atoms with E-state index in [1.54, 1.807) is 11.3 Å². The minimum atomic E-state index is 0.369. The van der Waals surface area contributed by atoms with Crippen LogP contribution in [0.25, 0.3) is 22.4 Å². The average molecular weight is 485 g/mol. The summed E-state index contributed by atoms with van der Waals surface area (Å²) in [4.78, 5) is 4.74. The zero-order valence-corrected chi connectivity index (χ0v) is 19.4. The molecule has 4 nitrogen and oxygen atoms in total. The number of hydrogen-bond donors (Lipinski definition) is 2. The Bertz CT molecular complexity index is 1180. The molecular weight excluding hydrogens is 467 g/mol. The first kappa shape index (κ1) is 21.7. The number of nitrogens with two attached hydrogens (primary N) is 1. The number of thiophene rings is 1. The molecule has 0 saturated heterocycles. The second-order valence-electron chi connectivity index (χ2n) is 6.61. The summed E-state index contributed by atoms with van der Waals surface area (Å²) in [6.45, 7) is 0.509. The molecular formula is C23H18Cl2N4S2. The molecule has 0 unspecified atom stereocenters. The van der Waals surface area contributed by atoms with Gasteiger partial charge < -0.3 is 11.1 Å². The Hall–Kier alpha value is -2.51. The zero-order valence-electron chi connectivity index (χ0n) is 16.3. The van der Waals surface area contributed by atoms with E-state index < -0.39 is 0 Å². The minimum absolute atomic E-state index is 0.369. The molecule has 0 spiro atoms. The Kier molecular flexibility index (Phi) is 7.14. The SMILES string of the molecule is N/C(=N\Sc1cccs1)NCc1cnc(-c2ccc(Cl)cc2)c(-c2ccc(Cl)cc2)c1. The van der Waals surface area contributed by atoms with Crippen molar-refractivity contribution in [1.29, 1.82) is 0 Å². The lowest BCUT2D eigenvalue weighted by Gasteiger charge is -2.13. The van der Waals surface area contributed by atoms with E-state index in [0.717, 1.165) is 32.2 Å². The Morgan fingerprint density at radius 3 is 2.32 bits per heavy atom. The fourth-order valence-corrected chi connectivity index (χ4v) is 4.47. The topological polar surface area (TPSA) is 63.3 Å². The summed E-state index contributed by atoms with van der Waals surface area (Å²) in [6, 6.07) is 21.5. The van der Waals surface area contributed by atoms with Crippen molar-refractivity contribution in [1.82, 2.24) is 10.3 Å². The molecule has 31 heavy (non-hydrogen) atoms. The van der Waals surface area contributed by atoms with Gasteiger partial charge in [0.25, 0.3) is 0 Å². The van der Waals surface area contributed by atoms with Crippen LogP contribution in [0, 0.1) is 0 Å². The number of aromatic nitrogens is 1. The van der Waals surface area contributed by atoms with Gasteiger partial charge >= 0.3 is 0 Å². The van der Waals surface area contributed by atoms with Gasteiger partial charge in [-0.2, -0.15) is 4.40 Å². The second-order valence-corrected chi connectivity index (χ2v) is 9.49. The lowest BCUT2D eigenvalue weighted by molar-refractivity contribution is 0.900. The molecule has 8 heteroatoms. The molecule has 0 fully saturated rings. The number of halogens is 2. The van der Waals surface area contributed by atoms with Gasteiger partial charge in [-0.25, -0.2) is 0 Å². The molecule has 0 atom stereocenters. The van der Waals surface area contributed by atoms with Crippen LogP contribution in [0.1, 0.15) is 5.56 Å². The van der Waals surface area contributed by atoms with Crippen LogP contribution in [0.5, 0.6) is 0 Å². The largest absolute Gasteiger partial charge is 0.369 e. The molecule has 0 bridgehead atoms. The van der Waals surface area contributed by atoms with E-state index in [1.807, 2.05) is 72.2 Å². The van der Waals surface area contributed by atoms with Gasteiger partial charge in [0.1, 0.15) is 0 Å². The highest BCUT2D eigenvalue weighted by Gasteiger charge is 2.11. The molecule has 0 radical (unpaired) electrons. The molecule has 0 aliphatic rings. The number of nitrogens with zero attached hydrogens (tertiary/aromatic N) is 2. The van der Waals surface area contributed by atoms with Gasteiger partial charge in [-0.1, -0.05) is 53.5 Å². The van der Waals surface area contributed by atoms with Crippen molar-refractivity contribution in [3.05, 3.63) is 93.9 Å². The van der Waals surface area contributed by atoms with Crippen LogP contribution in [-0.2, 0) is 6.54 Å². The zero-order chi connectivity index (χ0) is 21.6. The standard InChI is InChI=1S/C23H18Cl2N4S2/c24-18-7-3-16(4-8-18)20-12-15(13-27-22(20)17-5-9-19(25)10-6-17)14-28-23(26)29-31-21-2-1-11-30-21/h1-13H,14H2,(H3,26,28,29). The van der Waals surface area contributed by atoms with Crippen LogP contribution in [0.2, 0.25) is 10.0 Å². The summed E-state index contributed by atoms with van der Waals surface area (Å²) in [6.07, 6.45) is 1.84. The molecule has 4 rings (SSSR count). The van der Waals surface area contributed by atoms with Crippen LogP contribution in [-0.4, -0.2) is 10.9 Å². The number of pyridine rings is 1. The third kappa shape index (κ3) is 5.80. The Labute approximate surface area is 199 Å². The molecule has 0 amide bonds. The average Bonchev–Trinajstić information content (AvgIpc) is 3.31. The highest BCUT2D eigenvalue weighted by Crippen LogP contribution is 2.32. The fraction of sp³-hybridized carbons (Fsp3) is 0.0435. The fourth-order valence-electron chi connectivity index (χ4n) is 2.93. The smallest absolute Gasteiger partial charge is 0.201 e. The number of rotatable bonds is 6. The van der Waals surface area contributed by atoms with Gasteiger partial charge in [-0.15, -0.1) is 11.3 Å². The monoisotopic (exact) mass is 484 g/mol. The summed E-state index contributed by atoms with van der Waals surface area (Å²) in [5, 5.41) is 6.53. The van der Waals surface area contributed by atoms with Crippen molar-refractivity contribution in [2.75, 3.05) is 0 Å². The van der Waals surface area contributed by atoms with E-state index in [9.17, 15) is 0 Å². The first-order valence-electron chi connectivity index (χ1n) is 9.37. The molecule has 2 aromatic carbocycles. The van der Waals surface area contributed by atoms with Crippen molar-refractivity contribution >= 4 is 52.4 Å². The van der Waals surface area contributed by atoms with E-state index in [0.29, 0.717) is 22.5 Å². The number of hydrogen-bond acceptors (Lipinski definition) is 4. The summed E-state index contributed by atoms with van der Waals surface area (Å²) in [7, 11) is 0. The van der Waals surface area contributed by atoms with Crippen molar-refractivity contribution in [2.45, 2.75) is 10.8 Å². The van der Waals surface area contributed by atoms with Crippen LogP contribution >= 0.6 is 46.5 Å². The predicted molar refractivity (Wildman–Crippen MR) is 134 cm³/mol. The molecule has 0 aliphatic heterocycles. The maximum Gasteiger partial charge on any atom is 0.201 e. The van der Waals surface area contributed by atoms with Crippen molar-refractivity contribution in [2.24, 2.45) is 10.1 Å². The summed E-state index contributed by atoms with van der Waals surface area (Å²) in [5.41, 5.74) is 10.9. The van der Waals surface area contributed by atoms with Gasteiger partial charge in [-0.05, 0) is 52.9 Å². The quantitative estimate of drug-likeness (QED) is 0.177. The summed E-state index contributed by atoms with van der Waals surface area (Å²) < 4.78 is 5.40. The molecule has 0 aliphatic carbocycles. The van der Waals surface area contributed by atoms with E-state index in [4.69, 9.17) is 33.9 Å². The molecule has 2 aromatic heterocycles. The van der Waals surface area contributed by atoms with E-state index in [2.05, 4.69) is 15.8 Å². The predicted octanol–water partition coefficient (Wildman–Crippen LogP) is 6.90. The maximum atomic E-state index is 6.09. The van der Waals surface area contributed by atoms with E-state index in [1.165, 1.54) is 11.9 Å². The summed E-state index contributed by atoms with van der Waals surface area (Å²) >= 11 is 15.1. The van der Waals surface area contributed by atoms with Crippen LogP contribution < -0.4 is 11.1 Å². The van der Waals surface area contributed by atoms with Gasteiger partial charge in [0.05, 0.1) is 9.90 Å². The number of guanidine groups is 1. The first-order valence-corrected chi connectivity index (χ1v) is 11.8. The van der Waals surface area contributed by atoms with Crippen molar-refractivity contribution < 1.29 is 0 Å². The van der Waals surface area contributed by atoms with Crippen molar-refractivity contribution in [3.63, 3.8) is 0 Å². The highest BCUT2D eigenvalue weighted by molar-refractivity contribution is 8.00. The minimum Gasteiger partial charge on any atom is -0.369 e. The first-order chi connectivity index (χ1) is 15.1. The lowest BCUT2D eigenvalue weighted by atomic mass is 9.98. The molecule has 4 aromatic rings. The lowest BCUT2D eigenvalue weighted by Crippen LogP contribution is -2.30. The molecule has 0 saturated carbocycles. The third-order valence-electron chi connectivity index (χ3n) is 4.42. The van der Waals surface area contributed by atoms with Crippen LogP contribution in [0.15, 0.2) is 86.9 Å². The van der Waals surface area contributed by atoms with E-state index >= 15 is 0 Å². The Morgan fingerprint density at radius 2 is 1.68 bits per heavy atom. The van der Waals surface area contributed by atoms with Gasteiger partial charge in [-0.3, -0.25) is 4.98 Å². The van der Waals surface area contributed by atoms with Crippen LogP contribution in [0.4, 0.5) is 0 Å². The van der Waals surface area contributed by atoms with Gasteiger partial charge in [0.15, 0.2) is 0 Å².